The van der Waals surface area contributed by atoms with E-state index in [9.17, 15) is 0 Å². The number of guanidine groups is 1. The number of hydrogen-bond acceptors (Lipinski definition) is 3. The molecular weight excluding hydrogens is 312 g/mol. The van der Waals surface area contributed by atoms with Crippen molar-refractivity contribution in [2.75, 3.05) is 19.6 Å². The van der Waals surface area contributed by atoms with Gasteiger partial charge in [-0.2, -0.15) is 0 Å². The molecule has 2 aromatic heterocycles. The van der Waals surface area contributed by atoms with Crippen LogP contribution in [0.4, 0.5) is 0 Å². The van der Waals surface area contributed by atoms with Crippen molar-refractivity contribution < 1.29 is 0 Å². The molecule has 1 saturated heterocycles. The third-order valence-corrected chi connectivity index (χ3v) is 4.60. The van der Waals surface area contributed by atoms with Gasteiger partial charge in [0.05, 0.1) is 6.54 Å². The van der Waals surface area contributed by atoms with E-state index >= 15 is 0 Å². The van der Waals surface area contributed by atoms with Gasteiger partial charge in [-0.05, 0) is 37.3 Å². The second-order valence-electron chi connectivity index (χ2n) is 7.38. The lowest BCUT2D eigenvalue weighted by atomic mass is 9.93. The highest BCUT2D eigenvalue weighted by molar-refractivity contribution is 5.80. The van der Waals surface area contributed by atoms with Crippen molar-refractivity contribution in [2.24, 2.45) is 10.4 Å². The van der Waals surface area contributed by atoms with Crippen molar-refractivity contribution >= 4 is 5.96 Å². The Morgan fingerprint density at radius 2 is 2.16 bits per heavy atom. The molecule has 3 rings (SSSR count). The van der Waals surface area contributed by atoms with Gasteiger partial charge in [-0.1, -0.05) is 19.9 Å². The second-order valence-corrected chi connectivity index (χ2v) is 7.38. The van der Waals surface area contributed by atoms with E-state index in [1.807, 2.05) is 30.0 Å². The highest BCUT2D eigenvalue weighted by Gasteiger charge is 2.30. The Bertz CT molecular complexity index is 729. The molecule has 0 unspecified atom stereocenters. The normalized spacial score (nSPS) is 17.1. The summed E-state index contributed by atoms with van der Waals surface area (Å²) in [7, 11) is 0. The Morgan fingerprint density at radius 3 is 2.72 bits per heavy atom. The van der Waals surface area contributed by atoms with Crippen molar-refractivity contribution in [3.8, 4) is 5.82 Å². The number of nitrogens with one attached hydrogen (secondary N) is 1. The number of hydrogen-bond donors (Lipinski definition) is 1. The third kappa shape index (κ3) is 4.18. The first-order chi connectivity index (χ1) is 12.0. The molecule has 0 aliphatic carbocycles. The first-order valence-electron chi connectivity index (χ1n) is 8.97. The molecule has 6 heteroatoms. The zero-order valence-corrected chi connectivity index (χ0v) is 15.7. The van der Waals surface area contributed by atoms with E-state index in [-0.39, 0.29) is 0 Å². The molecule has 0 radical (unpaired) electrons. The first kappa shape index (κ1) is 17.5. The van der Waals surface area contributed by atoms with Crippen LogP contribution in [0.15, 0.2) is 35.7 Å². The maximum atomic E-state index is 4.81. The monoisotopic (exact) mass is 340 g/mol. The van der Waals surface area contributed by atoms with Gasteiger partial charge >= 0.3 is 0 Å². The van der Waals surface area contributed by atoms with Crippen LogP contribution in [-0.4, -0.2) is 45.0 Å². The van der Waals surface area contributed by atoms with E-state index in [4.69, 9.17) is 4.99 Å². The Labute approximate surface area is 150 Å². The molecule has 0 aromatic carbocycles. The van der Waals surface area contributed by atoms with E-state index in [1.54, 1.807) is 6.20 Å². The summed E-state index contributed by atoms with van der Waals surface area (Å²) < 4.78 is 1.98. The summed E-state index contributed by atoms with van der Waals surface area (Å²) in [5.41, 5.74) is 1.47. The summed E-state index contributed by atoms with van der Waals surface area (Å²) in [5, 5.41) is 3.42. The smallest absolute Gasteiger partial charge is 0.194 e. The lowest BCUT2D eigenvalue weighted by molar-refractivity contribution is 0.370. The fourth-order valence-electron chi connectivity index (χ4n) is 3.16. The van der Waals surface area contributed by atoms with Crippen LogP contribution in [-0.2, 0) is 6.54 Å². The van der Waals surface area contributed by atoms with Gasteiger partial charge in [-0.3, -0.25) is 4.57 Å². The Kier molecular flexibility index (Phi) is 5.06. The molecule has 1 aliphatic rings. The average molecular weight is 340 g/mol. The van der Waals surface area contributed by atoms with E-state index in [0.29, 0.717) is 12.0 Å². The number of nitrogens with zero attached hydrogens (tertiary/aromatic N) is 5. The zero-order chi connectivity index (χ0) is 17.9. The molecule has 0 atom stereocenters. The second kappa shape index (κ2) is 7.25. The van der Waals surface area contributed by atoms with Gasteiger partial charge in [0, 0.05) is 38.2 Å². The van der Waals surface area contributed by atoms with Crippen LogP contribution >= 0.6 is 0 Å². The fraction of sp³-hybridized carbons (Fsp3) is 0.526. The highest BCUT2D eigenvalue weighted by Crippen LogP contribution is 2.28. The molecule has 2 aromatic rings. The van der Waals surface area contributed by atoms with Crippen molar-refractivity contribution in [3.05, 3.63) is 42.1 Å². The lowest BCUT2D eigenvalue weighted by Gasteiger charge is -2.23. The number of aromatic nitrogens is 3. The fourth-order valence-corrected chi connectivity index (χ4v) is 3.16. The van der Waals surface area contributed by atoms with Gasteiger partial charge in [0.2, 0.25) is 0 Å². The maximum Gasteiger partial charge on any atom is 0.194 e. The van der Waals surface area contributed by atoms with E-state index < -0.39 is 0 Å². The quantitative estimate of drug-likeness (QED) is 0.687. The van der Waals surface area contributed by atoms with Crippen LogP contribution < -0.4 is 5.32 Å². The number of rotatable bonds is 4. The molecule has 1 aliphatic heterocycles. The molecule has 134 valence electrons. The number of aryl methyl sites for hydroxylation is 1. The van der Waals surface area contributed by atoms with Crippen LogP contribution in [0.25, 0.3) is 5.82 Å². The van der Waals surface area contributed by atoms with Crippen LogP contribution in [0.2, 0.25) is 0 Å². The van der Waals surface area contributed by atoms with Crippen molar-refractivity contribution in [1.29, 1.82) is 0 Å². The van der Waals surface area contributed by atoms with Crippen molar-refractivity contribution in [2.45, 2.75) is 40.7 Å². The van der Waals surface area contributed by atoms with Gasteiger partial charge in [0.15, 0.2) is 5.96 Å². The zero-order valence-electron chi connectivity index (χ0n) is 15.7. The van der Waals surface area contributed by atoms with Crippen LogP contribution in [0, 0.1) is 12.3 Å². The van der Waals surface area contributed by atoms with Gasteiger partial charge in [0.25, 0.3) is 0 Å². The summed E-state index contributed by atoms with van der Waals surface area (Å²) in [6.45, 7) is 12.4. The van der Waals surface area contributed by atoms with Crippen LogP contribution in [0.1, 0.15) is 38.6 Å². The van der Waals surface area contributed by atoms with Gasteiger partial charge in [-0.15, -0.1) is 0 Å². The van der Waals surface area contributed by atoms with Crippen LogP contribution in [0.5, 0.6) is 0 Å². The molecule has 3 heterocycles. The molecule has 0 bridgehead atoms. The van der Waals surface area contributed by atoms with Crippen LogP contribution in [0.3, 0.4) is 0 Å². The first-order valence-corrected chi connectivity index (χ1v) is 8.97. The highest BCUT2D eigenvalue weighted by atomic mass is 15.3. The number of pyridine rings is 1. The Hall–Kier alpha value is -2.37. The number of aliphatic imine (C=N–C) groups is 1. The summed E-state index contributed by atoms with van der Waals surface area (Å²) >= 11 is 0. The largest absolute Gasteiger partial charge is 0.357 e. The molecular formula is C19H28N6. The standard InChI is InChI=1S/C19H28N6/c1-5-20-18(24-10-8-19(3,4)14-24)23-13-16-6-7-17(22-12-16)25-11-9-21-15(25)2/h6-7,9,11-12H,5,8,10,13-14H2,1-4H3,(H,20,23). The lowest BCUT2D eigenvalue weighted by Crippen LogP contribution is -2.40. The third-order valence-electron chi connectivity index (χ3n) is 4.60. The summed E-state index contributed by atoms with van der Waals surface area (Å²) in [6, 6.07) is 4.11. The Morgan fingerprint density at radius 1 is 1.32 bits per heavy atom. The van der Waals surface area contributed by atoms with E-state index in [2.05, 4.69) is 47.0 Å². The number of likely N-dealkylation sites (tertiary alicyclic amines) is 1. The Balaban J connectivity index is 1.70. The predicted molar refractivity (Wildman–Crippen MR) is 101 cm³/mol. The molecule has 0 saturated carbocycles. The predicted octanol–water partition coefficient (Wildman–Crippen LogP) is 2.77. The maximum absolute atomic E-state index is 4.81. The molecule has 1 N–H and O–H groups in total. The minimum absolute atomic E-state index is 0.363. The SMILES string of the molecule is CCNC(=NCc1ccc(-n2ccnc2C)nc1)N1CCC(C)(C)C1. The molecule has 0 amide bonds. The van der Waals surface area contributed by atoms with E-state index in [1.165, 1.54) is 6.42 Å². The minimum Gasteiger partial charge on any atom is -0.357 e. The summed E-state index contributed by atoms with van der Waals surface area (Å²) in [4.78, 5) is 16.0. The summed E-state index contributed by atoms with van der Waals surface area (Å²) in [6.07, 6.45) is 6.82. The molecule has 25 heavy (non-hydrogen) atoms. The van der Waals surface area contributed by atoms with Crippen molar-refractivity contribution in [3.63, 3.8) is 0 Å². The van der Waals surface area contributed by atoms with Gasteiger partial charge in [0.1, 0.15) is 11.6 Å². The molecule has 6 nitrogen and oxygen atoms in total. The van der Waals surface area contributed by atoms with Gasteiger partial charge in [-0.25, -0.2) is 15.0 Å². The summed E-state index contributed by atoms with van der Waals surface area (Å²) in [5.74, 6) is 2.82. The molecule has 1 fully saturated rings. The average Bonchev–Trinajstić information content (AvgIpc) is 3.17. The number of imidazole rings is 1. The van der Waals surface area contributed by atoms with Crippen molar-refractivity contribution in [1.82, 2.24) is 24.8 Å². The topological polar surface area (TPSA) is 58.3 Å². The minimum atomic E-state index is 0.363. The van der Waals surface area contributed by atoms with E-state index in [0.717, 1.165) is 42.8 Å². The molecule has 0 spiro atoms. The van der Waals surface area contributed by atoms with Gasteiger partial charge < -0.3 is 10.2 Å².